The van der Waals surface area contributed by atoms with Gasteiger partial charge in [-0.05, 0) is 273 Å². The van der Waals surface area contributed by atoms with Crippen molar-refractivity contribution in [1.29, 1.82) is 0 Å². The average Bonchev–Trinajstić information content (AvgIpc) is 1.09. The van der Waals surface area contributed by atoms with E-state index in [2.05, 4.69) is 133 Å². The van der Waals surface area contributed by atoms with Gasteiger partial charge in [0.15, 0.2) is 0 Å². The number of rotatable bonds is 38. The molecular weight excluding hydrogens is 1610 g/mol. The number of Topliss-reactive ketones (excluding diaryl/α,β-unsaturated/α-hetero) is 7. The molecule has 15 heterocycles. The number of hydrogen-bond donors (Lipinski definition) is 9. The molecule has 0 unspecified atom stereocenters. The first-order chi connectivity index (χ1) is 61.4. The molecule has 5 aromatic rings. The summed E-state index contributed by atoms with van der Waals surface area (Å²) < 4.78 is 14.4. The third-order valence-corrected chi connectivity index (χ3v) is 25.2. The van der Waals surface area contributed by atoms with Gasteiger partial charge in [0.1, 0.15) is 69.6 Å². The minimum Gasteiger partial charge on any atom is -0.370 e. The largest absolute Gasteiger partial charge is 0.370 e. The maximum atomic E-state index is 14.4. The van der Waals surface area contributed by atoms with Crippen LogP contribution in [-0.2, 0) is 107 Å². The first-order valence-corrected chi connectivity index (χ1v) is 47.5. The molecule has 30 heteroatoms. The van der Waals surface area contributed by atoms with Crippen molar-refractivity contribution >= 4 is 87.4 Å². The highest BCUT2D eigenvalue weighted by molar-refractivity contribution is 5.88. The number of nitrogens with one attached hydrogen (secondary N) is 9. The van der Waals surface area contributed by atoms with Crippen LogP contribution in [-0.4, -0.2) is 270 Å². The Morgan fingerprint density at radius 3 is 1.06 bits per heavy atom. The maximum absolute atomic E-state index is 14.4. The van der Waals surface area contributed by atoms with Gasteiger partial charge in [-0.15, -0.1) is 0 Å². The van der Waals surface area contributed by atoms with E-state index in [9.17, 15) is 52.3 Å². The molecule has 0 spiro atoms. The molecule has 5 fully saturated rings. The molecule has 0 aliphatic carbocycles. The van der Waals surface area contributed by atoms with E-state index in [0.29, 0.717) is 83.3 Å². The van der Waals surface area contributed by atoms with E-state index in [1.165, 1.54) is 54.0 Å². The van der Waals surface area contributed by atoms with Gasteiger partial charge in [-0.3, -0.25) is 67.7 Å². The molecule has 5 saturated heterocycles. The predicted molar refractivity (Wildman–Crippen MR) is 495 cm³/mol. The Hall–Kier alpha value is -9.62. The number of fused-ring (bicyclic) bond motifs is 5. The molecule has 9 N–H and O–H groups in total. The molecule has 15 rings (SSSR count). The molecule has 2 atom stereocenters. The van der Waals surface area contributed by atoms with Crippen molar-refractivity contribution in [2.45, 2.75) is 233 Å². The number of carbonyl (C=O) groups excluding carboxylic acids is 10. The number of pyridine rings is 5. The molecule has 10 aliphatic heterocycles. The number of aromatic nitrogens is 5. The third kappa shape index (κ3) is 33.1. The number of piperidine rings is 1. The van der Waals surface area contributed by atoms with Crippen LogP contribution in [0.4, 0.5) is 38.3 Å². The van der Waals surface area contributed by atoms with Crippen LogP contribution in [0.15, 0.2) is 60.7 Å². The number of hydrogen-bond acceptors (Lipinski definition) is 25. The van der Waals surface area contributed by atoms with Crippen LogP contribution in [0.2, 0.25) is 0 Å². The standard InChI is InChI=1S/2C20H29N3O2.C19H27FN4O2.C19H29N5O2.C19H28N4O2/c2*1-15(24)13-23-12-10-17(14-23)19(25)7-3-2-6-18-9-8-16-5-4-11-21-20(16)22-18;1-14(25)11-24-12-19(20,13-24)18(26)22-9-3-2-6-16-8-7-15-5-4-10-21-17(15)23-16;1-14(25)13-24-11-7-17(8-12-24)23-19(26)21-10-6-16-5-4-15-3-2-9-20-18(15)22-16;1-14(24)11-23-12-16(13-23)19(25)21-9-3-2-6-17-8-7-15-5-4-10-20-18(15)22-17/h2*8-9,17H,2-7,10-14H2,1H3,(H,21,22);7-8H,2-6,9-13H2,1H3,(H,21,23)(H,22,26);4-5,17H,2-3,6-13H2,1H3,(H,20,22)(H2,21,23,26);7-8,16H,2-6,9-13H2,1H3,(H,20,22)(H,21,25)/t2*17-;;;/m10.../s1. The van der Waals surface area contributed by atoms with Crippen LogP contribution in [0.1, 0.15) is 213 Å². The Morgan fingerprint density at radius 2 is 0.685 bits per heavy atom. The Labute approximate surface area is 751 Å². The van der Waals surface area contributed by atoms with Gasteiger partial charge in [-0.25, -0.2) is 34.1 Å². The monoisotopic (exact) mass is 1750 g/mol. The second kappa shape index (κ2) is 51.0. The topological polar surface area (TPSA) is 360 Å². The van der Waals surface area contributed by atoms with Crippen LogP contribution in [0.25, 0.3) is 0 Å². The fraction of sp³-hybridized carbons (Fsp3) is 0.639. The van der Waals surface area contributed by atoms with Crippen molar-refractivity contribution in [2.75, 3.05) is 177 Å². The molecule has 692 valence electrons. The maximum Gasteiger partial charge on any atom is 0.315 e. The number of alkyl halides is 1. The predicted octanol–water partition coefficient (Wildman–Crippen LogP) is 9.49. The summed E-state index contributed by atoms with van der Waals surface area (Å²) in [4.78, 5) is 150. The highest BCUT2D eigenvalue weighted by Gasteiger charge is 2.50. The normalized spacial score (nSPS) is 18.8. The number of likely N-dealkylation sites (tertiary alicyclic amines) is 5. The van der Waals surface area contributed by atoms with Crippen LogP contribution in [0.5, 0.6) is 0 Å². The summed E-state index contributed by atoms with van der Waals surface area (Å²) in [6.45, 7) is 23.2. The van der Waals surface area contributed by atoms with Gasteiger partial charge in [0.2, 0.25) is 11.6 Å². The average molecular weight is 1750 g/mol. The van der Waals surface area contributed by atoms with Crippen molar-refractivity contribution in [1.82, 2.24) is 70.7 Å². The lowest BCUT2D eigenvalue weighted by Crippen LogP contribution is -2.66. The lowest BCUT2D eigenvalue weighted by Gasteiger charge is -2.42. The smallest absolute Gasteiger partial charge is 0.315 e. The Morgan fingerprint density at radius 1 is 0.362 bits per heavy atom. The number of urea groups is 1. The number of aryl methyl sites for hydroxylation is 9. The van der Waals surface area contributed by atoms with Crippen LogP contribution < -0.4 is 47.9 Å². The zero-order chi connectivity index (χ0) is 89.9. The van der Waals surface area contributed by atoms with Gasteiger partial charge in [-0.1, -0.05) is 30.3 Å². The van der Waals surface area contributed by atoms with Crippen molar-refractivity contribution in [3.8, 4) is 0 Å². The highest BCUT2D eigenvalue weighted by atomic mass is 19.1. The molecule has 0 bridgehead atoms. The van der Waals surface area contributed by atoms with Crippen molar-refractivity contribution in [3.63, 3.8) is 0 Å². The lowest BCUT2D eigenvalue weighted by molar-refractivity contribution is -0.147. The van der Waals surface area contributed by atoms with Gasteiger partial charge >= 0.3 is 6.03 Å². The minimum absolute atomic E-state index is 0.00442. The lowest BCUT2D eigenvalue weighted by atomic mass is 9.95. The number of ketones is 7. The first-order valence-electron chi connectivity index (χ1n) is 47.5. The van der Waals surface area contributed by atoms with Crippen molar-refractivity contribution in [3.05, 3.63) is 117 Å². The van der Waals surface area contributed by atoms with E-state index in [0.717, 1.165) is 284 Å². The summed E-state index contributed by atoms with van der Waals surface area (Å²) in [7, 11) is 0. The molecule has 0 radical (unpaired) electrons. The molecule has 0 saturated carbocycles. The summed E-state index contributed by atoms with van der Waals surface area (Å²) in [6, 6.07) is 21.4. The summed E-state index contributed by atoms with van der Waals surface area (Å²) in [5.41, 5.74) is 10.1. The summed E-state index contributed by atoms with van der Waals surface area (Å²) in [6.07, 6.45) is 28.2. The third-order valence-electron chi connectivity index (χ3n) is 25.2. The molecule has 29 nitrogen and oxygen atoms in total. The van der Waals surface area contributed by atoms with Gasteiger partial charge in [0.05, 0.1) is 38.6 Å². The quantitative estimate of drug-likeness (QED) is 0.0166. The summed E-state index contributed by atoms with van der Waals surface area (Å²) >= 11 is 0. The van der Waals surface area contributed by atoms with Gasteiger partial charge in [0.25, 0.3) is 5.91 Å². The molecular formula is C97H142FN19O10. The molecule has 0 aromatic carbocycles. The van der Waals surface area contributed by atoms with Crippen LogP contribution >= 0.6 is 0 Å². The summed E-state index contributed by atoms with van der Waals surface area (Å²) in [5, 5.41) is 28.4. The second-order valence-electron chi connectivity index (χ2n) is 36.7. The number of halogens is 1. The number of amides is 4. The van der Waals surface area contributed by atoms with Gasteiger partial charge < -0.3 is 47.9 Å². The van der Waals surface area contributed by atoms with E-state index in [-0.39, 0.29) is 84.3 Å². The molecule has 5 aromatic heterocycles. The van der Waals surface area contributed by atoms with Gasteiger partial charge in [-0.2, -0.15) is 0 Å². The fourth-order valence-corrected chi connectivity index (χ4v) is 18.3. The number of nitrogens with zero attached hydrogens (tertiary/aromatic N) is 10. The van der Waals surface area contributed by atoms with Crippen molar-refractivity contribution in [2.24, 2.45) is 17.8 Å². The van der Waals surface area contributed by atoms with E-state index < -0.39 is 11.6 Å². The van der Waals surface area contributed by atoms with Crippen molar-refractivity contribution < 1.29 is 52.3 Å². The number of anilines is 5. The van der Waals surface area contributed by atoms with E-state index in [1.807, 2.05) is 4.90 Å². The Balaban J connectivity index is 0.000000154. The van der Waals surface area contributed by atoms with Crippen LogP contribution in [0, 0.1) is 17.8 Å². The Kier molecular flexibility index (Phi) is 39.3. The SMILES string of the molecule is CC(=O)CN1CC(C(=O)NCCCCc2ccc3c(n2)NCCC3)C1.CC(=O)CN1CC(F)(C(=O)NCCCCc2ccc3c(n2)NCCC3)C1.CC(=O)CN1CCC(NC(=O)NCCc2ccc3c(n2)NCCC3)CC1.CC(=O)CN1CC[C@@H](C(=O)CCCCc2ccc3c(n2)NCCC3)C1.CC(=O)CN1CC[C@H](C(=O)CCCCc2ccc3c(n2)NCCC3)C1. The number of unbranched alkanes of at least 4 members (excludes halogenated alkanes) is 4. The van der Waals surface area contributed by atoms with E-state index >= 15 is 0 Å². The first kappa shape index (κ1) is 98.0. The molecule has 127 heavy (non-hydrogen) atoms. The van der Waals surface area contributed by atoms with E-state index in [4.69, 9.17) is 15.0 Å². The minimum atomic E-state index is -1.85. The molecule has 4 amide bonds. The Bertz CT molecular complexity index is 4380. The number of carbonyl (C=O) groups is 10. The second-order valence-corrected chi connectivity index (χ2v) is 36.7. The van der Waals surface area contributed by atoms with E-state index in [1.54, 1.807) is 32.6 Å². The fourth-order valence-electron chi connectivity index (χ4n) is 18.3. The van der Waals surface area contributed by atoms with Crippen LogP contribution in [0.3, 0.4) is 0 Å². The zero-order valence-electron chi connectivity index (χ0n) is 76.3. The zero-order valence-corrected chi connectivity index (χ0v) is 76.3. The van der Waals surface area contributed by atoms with Gasteiger partial charge in [0, 0.05) is 170 Å². The summed E-state index contributed by atoms with van der Waals surface area (Å²) in [5.74, 6) is 6.45. The molecule has 10 aliphatic rings. The highest BCUT2D eigenvalue weighted by Crippen LogP contribution is 2.30.